The maximum absolute atomic E-state index is 12.3. The van der Waals surface area contributed by atoms with E-state index in [1.165, 1.54) is 5.56 Å². The molecule has 32 heavy (non-hydrogen) atoms. The number of fused-ring (bicyclic) bond motifs is 1. The number of rotatable bonds is 7. The largest absolute Gasteiger partial charge is 0.484 e. The number of amides is 1. The number of oxazole rings is 1. The lowest BCUT2D eigenvalue weighted by molar-refractivity contribution is -0.118. The third-order valence-corrected chi connectivity index (χ3v) is 6.01. The van der Waals surface area contributed by atoms with E-state index in [1.807, 2.05) is 24.3 Å². The Labute approximate surface area is 196 Å². The fourth-order valence-corrected chi connectivity index (χ4v) is 3.53. The molecule has 0 radical (unpaired) electrons. The van der Waals surface area contributed by atoms with Gasteiger partial charge in [-0.15, -0.1) is 0 Å². The zero-order valence-electron chi connectivity index (χ0n) is 17.7. The third-order valence-electron chi connectivity index (χ3n) is 5.27. The summed E-state index contributed by atoms with van der Waals surface area (Å²) in [5.41, 5.74) is 3.79. The molecule has 0 fully saturated rings. The normalized spacial score (nSPS) is 12.0. The quantitative estimate of drug-likeness (QED) is 0.308. The molecule has 1 atom stereocenters. The monoisotopic (exact) mass is 468 g/mol. The van der Waals surface area contributed by atoms with E-state index in [-0.39, 0.29) is 12.5 Å². The van der Waals surface area contributed by atoms with Crippen LogP contribution in [-0.2, 0) is 4.79 Å². The van der Waals surface area contributed by atoms with Crippen LogP contribution >= 0.6 is 23.2 Å². The average Bonchev–Trinajstić information content (AvgIpc) is 3.23. The van der Waals surface area contributed by atoms with E-state index in [1.54, 1.807) is 36.4 Å². The molecule has 0 aliphatic carbocycles. The predicted molar refractivity (Wildman–Crippen MR) is 129 cm³/mol. The fraction of sp³-hybridized carbons (Fsp3) is 0.200. The summed E-state index contributed by atoms with van der Waals surface area (Å²) in [6.07, 6.45) is 1.08. The standard InChI is InChI=1S/C25H22Cl2N2O3/c1-3-15(2)16-4-8-19(9-5-16)31-14-24(30)28-18-7-11-23-22(13-18)29-25(32-23)17-6-10-20(26)21(27)12-17/h4-13,15H,3,14H2,1-2H3,(H,28,30)/t15-/m1/s1. The molecule has 4 aromatic rings. The summed E-state index contributed by atoms with van der Waals surface area (Å²) in [5, 5.41) is 3.71. The van der Waals surface area contributed by atoms with Crippen LogP contribution in [0.15, 0.2) is 65.1 Å². The Kier molecular flexibility index (Phi) is 6.68. The average molecular weight is 469 g/mol. The van der Waals surface area contributed by atoms with Gasteiger partial charge in [0.25, 0.3) is 5.91 Å². The summed E-state index contributed by atoms with van der Waals surface area (Å²) < 4.78 is 11.4. The van der Waals surface area contributed by atoms with Crippen molar-refractivity contribution >= 4 is 45.9 Å². The first kappa shape index (κ1) is 22.2. The Morgan fingerprint density at radius 1 is 1.06 bits per heavy atom. The van der Waals surface area contributed by atoms with Gasteiger partial charge in [-0.25, -0.2) is 4.98 Å². The van der Waals surface area contributed by atoms with Crippen molar-refractivity contribution in [1.29, 1.82) is 0 Å². The van der Waals surface area contributed by atoms with Gasteiger partial charge in [0.1, 0.15) is 11.3 Å². The van der Waals surface area contributed by atoms with Crippen LogP contribution in [-0.4, -0.2) is 17.5 Å². The minimum absolute atomic E-state index is 0.0892. The van der Waals surface area contributed by atoms with Gasteiger partial charge in [0.05, 0.1) is 10.0 Å². The van der Waals surface area contributed by atoms with Gasteiger partial charge in [-0.05, 0) is 66.4 Å². The number of benzene rings is 3. The molecule has 1 N–H and O–H groups in total. The van der Waals surface area contributed by atoms with Gasteiger partial charge in [0, 0.05) is 11.3 Å². The maximum atomic E-state index is 12.3. The second-order valence-corrected chi connectivity index (χ2v) is 8.36. The topological polar surface area (TPSA) is 64.4 Å². The highest BCUT2D eigenvalue weighted by atomic mass is 35.5. The molecule has 1 amide bonds. The summed E-state index contributed by atoms with van der Waals surface area (Å²) in [5.74, 6) is 1.32. The lowest BCUT2D eigenvalue weighted by Gasteiger charge is -2.11. The number of hydrogen-bond donors (Lipinski definition) is 1. The van der Waals surface area contributed by atoms with Crippen LogP contribution in [0.2, 0.25) is 10.0 Å². The van der Waals surface area contributed by atoms with Gasteiger partial charge in [-0.1, -0.05) is 49.2 Å². The molecule has 0 unspecified atom stereocenters. The van der Waals surface area contributed by atoms with E-state index in [9.17, 15) is 4.79 Å². The highest BCUT2D eigenvalue weighted by Gasteiger charge is 2.12. The first-order valence-electron chi connectivity index (χ1n) is 10.3. The first-order chi connectivity index (χ1) is 15.4. The number of aromatic nitrogens is 1. The summed E-state index contributed by atoms with van der Waals surface area (Å²) >= 11 is 12.1. The highest BCUT2D eigenvalue weighted by molar-refractivity contribution is 6.42. The molecule has 1 heterocycles. The van der Waals surface area contributed by atoms with E-state index < -0.39 is 0 Å². The lowest BCUT2D eigenvalue weighted by atomic mass is 9.99. The van der Waals surface area contributed by atoms with Crippen molar-refractivity contribution in [1.82, 2.24) is 4.98 Å². The number of nitrogens with zero attached hydrogens (tertiary/aromatic N) is 1. The summed E-state index contributed by atoms with van der Waals surface area (Å²) in [7, 11) is 0. The van der Waals surface area contributed by atoms with Gasteiger partial charge < -0.3 is 14.5 Å². The van der Waals surface area contributed by atoms with Crippen molar-refractivity contribution in [3.05, 3.63) is 76.3 Å². The lowest BCUT2D eigenvalue weighted by Crippen LogP contribution is -2.20. The number of ether oxygens (including phenoxy) is 1. The molecule has 5 nitrogen and oxygen atoms in total. The van der Waals surface area contributed by atoms with Crippen molar-refractivity contribution in [2.45, 2.75) is 26.2 Å². The molecule has 0 aliphatic heterocycles. The number of carbonyl (C=O) groups is 1. The van der Waals surface area contributed by atoms with E-state index in [4.69, 9.17) is 32.4 Å². The molecule has 0 aliphatic rings. The zero-order valence-corrected chi connectivity index (χ0v) is 19.2. The molecule has 0 spiro atoms. The van der Waals surface area contributed by atoms with Crippen LogP contribution in [0.3, 0.4) is 0 Å². The minimum atomic E-state index is -0.261. The number of anilines is 1. The summed E-state index contributed by atoms with van der Waals surface area (Å²) in [6, 6.07) is 18.3. The van der Waals surface area contributed by atoms with Crippen molar-refractivity contribution in [2.24, 2.45) is 0 Å². The molecular weight excluding hydrogens is 447 g/mol. The molecule has 7 heteroatoms. The van der Waals surface area contributed by atoms with Crippen LogP contribution in [0.25, 0.3) is 22.6 Å². The van der Waals surface area contributed by atoms with Crippen LogP contribution in [0.1, 0.15) is 31.7 Å². The molecule has 0 saturated heterocycles. The second kappa shape index (κ2) is 9.63. The predicted octanol–water partition coefficient (Wildman–Crippen LogP) is 7.33. The highest BCUT2D eigenvalue weighted by Crippen LogP contribution is 2.31. The van der Waals surface area contributed by atoms with Crippen LogP contribution in [0, 0.1) is 0 Å². The number of carbonyl (C=O) groups excluding carboxylic acids is 1. The first-order valence-corrected chi connectivity index (χ1v) is 11.1. The van der Waals surface area contributed by atoms with Crippen molar-refractivity contribution in [2.75, 3.05) is 11.9 Å². The molecule has 0 saturated carbocycles. The number of halogens is 2. The Balaban J connectivity index is 1.40. The van der Waals surface area contributed by atoms with Gasteiger partial charge in [-0.2, -0.15) is 0 Å². The molecule has 164 valence electrons. The smallest absolute Gasteiger partial charge is 0.262 e. The molecule has 4 rings (SSSR count). The van der Waals surface area contributed by atoms with Crippen LogP contribution < -0.4 is 10.1 Å². The molecular formula is C25H22Cl2N2O3. The van der Waals surface area contributed by atoms with Crippen LogP contribution in [0.4, 0.5) is 5.69 Å². The fourth-order valence-electron chi connectivity index (χ4n) is 3.23. The van der Waals surface area contributed by atoms with E-state index >= 15 is 0 Å². The third kappa shape index (κ3) is 5.06. The molecule has 1 aromatic heterocycles. The second-order valence-electron chi connectivity index (χ2n) is 7.55. The summed E-state index contributed by atoms with van der Waals surface area (Å²) in [4.78, 5) is 16.8. The number of nitrogens with one attached hydrogen (secondary N) is 1. The van der Waals surface area contributed by atoms with Crippen molar-refractivity contribution in [3.8, 4) is 17.2 Å². The van der Waals surface area contributed by atoms with E-state index in [0.29, 0.717) is 50.0 Å². The zero-order chi connectivity index (χ0) is 22.7. The molecule has 3 aromatic carbocycles. The number of hydrogen-bond acceptors (Lipinski definition) is 4. The SMILES string of the molecule is CC[C@@H](C)c1ccc(OCC(=O)Nc2ccc3oc(-c4ccc(Cl)c(Cl)c4)nc3c2)cc1. The summed E-state index contributed by atoms with van der Waals surface area (Å²) in [6.45, 7) is 4.25. The van der Waals surface area contributed by atoms with Gasteiger partial charge >= 0.3 is 0 Å². The Morgan fingerprint density at radius 2 is 1.84 bits per heavy atom. The van der Waals surface area contributed by atoms with Gasteiger partial charge in [-0.3, -0.25) is 4.79 Å². The maximum Gasteiger partial charge on any atom is 0.262 e. The Bertz CT molecular complexity index is 1250. The van der Waals surface area contributed by atoms with Crippen molar-refractivity contribution < 1.29 is 13.9 Å². The minimum Gasteiger partial charge on any atom is -0.484 e. The van der Waals surface area contributed by atoms with E-state index in [0.717, 1.165) is 6.42 Å². The van der Waals surface area contributed by atoms with Crippen molar-refractivity contribution in [3.63, 3.8) is 0 Å². The Morgan fingerprint density at radius 3 is 2.56 bits per heavy atom. The Hall–Kier alpha value is -3.02. The molecule has 0 bridgehead atoms. The van der Waals surface area contributed by atoms with Crippen LogP contribution in [0.5, 0.6) is 5.75 Å². The van der Waals surface area contributed by atoms with Gasteiger partial charge in [0.2, 0.25) is 5.89 Å². The van der Waals surface area contributed by atoms with E-state index in [2.05, 4.69) is 24.1 Å². The van der Waals surface area contributed by atoms with Gasteiger partial charge in [0.15, 0.2) is 12.2 Å².